The molecule has 0 atom stereocenters. The van der Waals surface area contributed by atoms with Crippen LogP contribution in [0.4, 0.5) is 10.1 Å². The van der Waals surface area contributed by atoms with Crippen molar-refractivity contribution in [2.45, 2.75) is 6.42 Å². The topological polar surface area (TPSA) is 87.7 Å². The number of halogens is 2. The van der Waals surface area contributed by atoms with Gasteiger partial charge >= 0.3 is 0 Å². The molecule has 0 aliphatic heterocycles. The van der Waals surface area contributed by atoms with Crippen LogP contribution in [0.2, 0.25) is 0 Å². The summed E-state index contributed by atoms with van der Waals surface area (Å²) in [5.74, 6) is -1.37. The zero-order chi connectivity index (χ0) is 12.1. The quantitative estimate of drug-likeness (QED) is 0.342. The Morgan fingerprint density at radius 1 is 1.62 bits per heavy atom. The maximum absolute atomic E-state index is 13.3. The molecule has 0 saturated heterocycles. The summed E-state index contributed by atoms with van der Waals surface area (Å²) < 4.78 is 13.8. The predicted octanol–water partition coefficient (Wildman–Crippen LogP) is 1.66. The lowest BCUT2D eigenvalue weighted by molar-refractivity contribution is -0.115. The first-order chi connectivity index (χ1) is 7.52. The maximum atomic E-state index is 13.3. The Balaban J connectivity index is 2.70. The summed E-state index contributed by atoms with van der Waals surface area (Å²) in [4.78, 5) is 11.3. The number of nitrogens with two attached hydrogens (primary N) is 1. The number of amidine groups is 1. The molecule has 0 radical (unpaired) electrons. The van der Waals surface area contributed by atoms with E-state index < -0.39 is 11.7 Å². The van der Waals surface area contributed by atoms with Crippen molar-refractivity contribution >= 4 is 33.4 Å². The minimum atomic E-state index is -0.567. The van der Waals surface area contributed by atoms with Gasteiger partial charge in [-0.05, 0) is 18.2 Å². The minimum absolute atomic E-state index is 0.0407. The van der Waals surface area contributed by atoms with Crippen molar-refractivity contribution in [2.75, 3.05) is 5.32 Å². The second kappa shape index (κ2) is 5.45. The molecule has 0 unspecified atom stereocenters. The van der Waals surface area contributed by atoms with Gasteiger partial charge in [-0.15, -0.1) is 0 Å². The number of benzene rings is 1. The van der Waals surface area contributed by atoms with Gasteiger partial charge in [0.05, 0.1) is 12.1 Å². The van der Waals surface area contributed by atoms with Crippen molar-refractivity contribution in [2.24, 2.45) is 10.9 Å². The van der Waals surface area contributed by atoms with Gasteiger partial charge in [0.2, 0.25) is 5.91 Å². The van der Waals surface area contributed by atoms with Crippen LogP contribution < -0.4 is 11.1 Å². The number of oxime groups is 1. The molecular formula is C9H9BrFN3O2. The van der Waals surface area contributed by atoms with Crippen molar-refractivity contribution in [1.82, 2.24) is 0 Å². The van der Waals surface area contributed by atoms with Crippen LogP contribution in [0, 0.1) is 5.82 Å². The molecule has 1 aromatic rings. The predicted molar refractivity (Wildman–Crippen MR) is 60.8 cm³/mol. The number of rotatable bonds is 3. The van der Waals surface area contributed by atoms with Crippen molar-refractivity contribution in [3.8, 4) is 0 Å². The molecule has 16 heavy (non-hydrogen) atoms. The molecule has 0 saturated carbocycles. The standard InChI is InChI=1S/C9H9BrFN3O2/c10-5-1-2-7(6(11)3-5)13-9(15)4-8(12)14-16/h1-3,16H,4H2,(H2,12,14)(H,13,15). The molecule has 1 aromatic carbocycles. The zero-order valence-electron chi connectivity index (χ0n) is 8.08. The first kappa shape index (κ1) is 12.4. The number of carbonyl (C=O) groups excluding carboxylic acids is 1. The van der Waals surface area contributed by atoms with E-state index in [1.165, 1.54) is 12.1 Å². The summed E-state index contributed by atoms with van der Waals surface area (Å²) >= 11 is 3.09. The van der Waals surface area contributed by atoms with Crippen LogP contribution in [0.15, 0.2) is 27.8 Å². The largest absolute Gasteiger partial charge is 0.409 e. The highest BCUT2D eigenvalue weighted by molar-refractivity contribution is 9.10. The second-order valence-electron chi connectivity index (χ2n) is 2.94. The Bertz CT molecular complexity index is 437. The van der Waals surface area contributed by atoms with Crippen molar-refractivity contribution in [1.29, 1.82) is 0 Å². The fourth-order valence-corrected chi connectivity index (χ4v) is 1.32. The number of nitrogens with one attached hydrogen (secondary N) is 1. The highest BCUT2D eigenvalue weighted by Crippen LogP contribution is 2.19. The van der Waals surface area contributed by atoms with E-state index in [4.69, 9.17) is 10.9 Å². The SMILES string of the molecule is N/C(CC(=O)Nc1ccc(Br)cc1F)=N\O. The minimum Gasteiger partial charge on any atom is -0.409 e. The first-order valence-corrected chi connectivity index (χ1v) is 5.03. The lowest BCUT2D eigenvalue weighted by Crippen LogP contribution is -2.22. The molecule has 86 valence electrons. The van der Waals surface area contributed by atoms with Gasteiger partial charge in [-0.2, -0.15) is 0 Å². The molecule has 0 fully saturated rings. The molecule has 1 rings (SSSR count). The van der Waals surface area contributed by atoms with Crippen LogP contribution in [-0.4, -0.2) is 17.0 Å². The fraction of sp³-hybridized carbons (Fsp3) is 0.111. The molecule has 0 spiro atoms. The third-order valence-electron chi connectivity index (χ3n) is 1.68. The molecule has 1 amide bonds. The van der Waals surface area contributed by atoms with E-state index in [0.29, 0.717) is 4.47 Å². The second-order valence-corrected chi connectivity index (χ2v) is 3.86. The van der Waals surface area contributed by atoms with Gasteiger partial charge in [0.25, 0.3) is 0 Å². The van der Waals surface area contributed by atoms with E-state index >= 15 is 0 Å². The Morgan fingerprint density at radius 2 is 2.31 bits per heavy atom. The molecule has 0 aliphatic carbocycles. The summed E-state index contributed by atoms with van der Waals surface area (Å²) in [6.07, 6.45) is -0.300. The lowest BCUT2D eigenvalue weighted by atomic mass is 10.3. The van der Waals surface area contributed by atoms with E-state index in [1.807, 2.05) is 0 Å². The highest BCUT2D eigenvalue weighted by Gasteiger charge is 2.08. The molecule has 0 bridgehead atoms. The zero-order valence-corrected chi connectivity index (χ0v) is 9.66. The van der Waals surface area contributed by atoms with Crippen molar-refractivity contribution in [3.05, 3.63) is 28.5 Å². The van der Waals surface area contributed by atoms with E-state index in [0.717, 1.165) is 0 Å². The van der Waals surface area contributed by atoms with Gasteiger partial charge in [0.1, 0.15) is 11.7 Å². The Kier molecular flexibility index (Phi) is 4.24. The monoisotopic (exact) mass is 289 g/mol. The third-order valence-corrected chi connectivity index (χ3v) is 2.17. The summed E-state index contributed by atoms with van der Waals surface area (Å²) in [6.45, 7) is 0. The highest BCUT2D eigenvalue weighted by atomic mass is 79.9. The van der Waals surface area contributed by atoms with Crippen LogP contribution in [0.25, 0.3) is 0 Å². The average Bonchev–Trinajstić information content (AvgIpc) is 2.22. The summed E-state index contributed by atoms with van der Waals surface area (Å²) in [5, 5.41) is 13.2. The van der Waals surface area contributed by atoms with Crippen LogP contribution in [0.3, 0.4) is 0 Å². The summed E-state index contributed by atoms with van der Waals surface area (Å²) in [6, 6.07) is 4.21. The number of hydrogen-bond acceptors (Lipinski definition) is 3. The maximum Gasteiger partial charge on any atom is 0.232 e. The Labute approximate surface area is 99.3 Å². The molecule has 0 aliphatic rings. The van der Waals surface area contributed by atoms with E-state index in [9.17, 15) is 9.18 Å². The molecule has 5 nitrogen and oxygen atoms in total. The summed E-state index contributed by atoms with van der Waals surface area (Å²) in [7, 11) is 0. The molecule has 4 N–H and O–H groups in total. The fourth-order valence-electron chi connectivity index (χ4n) is 0.985. The van der Waals surface area contributed by atoms with Crippen molar-refractivity contribution < 1.29 is 14.4 Å². The number of nitrogens with zero attached hydrogens (tertiary/aromatic N) is 1. The van der Waals surface area contributed by atoms with Gasteiger partial charge in [-0.25, -0.2) is 4.39 Å². The van der Waals surface area contributed by atoms with E-state index in [-0.39, 0.29) is 17.9 Å². The normalized spacial score (nSPS) is 11.2. The number of amides is 1. The molecule has 7 heteroatoms. The smallest absolute Gasteiger partial charge is 0.232 e. The van der Waals surface area contributed by atoms with Gasteiger partial charge in [-0.1, -0.05) is 21.1 Å². The number of hydrogen-bond donors (Lipinski definition) is 3. The first-order valence-electron chi connectivity index (χ1n) is 4.24. The van der Waals surface area contributed by atoms with Crippen LogP contribution >= 0.6 is 15.9 Å². The Morgan fingerprint density at radius 3 is 2.88 bits per heavy atom. The lowest BCUT2D eigenvalue weighted by Gasteiger charge is -2.05. The van der Waals surface area contributed by atoms with Gasteiger partial charge in [-0.3, -0.25) is 4.79 Å². The van der Waals surface area contributed by atoms with Gasteiger partial charge in [0, 0.05) is 4.47 Å². The van der Waals surface area contributed by atoms with Crippen LogP contribution in [-0.2, 0) is 4.79 Å². The van der Waals surface area contributed by atoms with Crippen LogP contribution in [0.1, 0.15) is 6.42 Å². The number of carbonyl (C=O) groups is 1. The number of anilines is 1. The molecular weight excluding hydrogens is 281 g/mol. The Hall–Kier alpha value is -1.63. The van der Waals surface area contributed by atoms with Crippen LogP contribution in [0.5, 0.6) is 0 Å². The summed E-state index contributed by atoms with van der Waals surface area (Å²) in [5.41, 5.74) is 5.17. The van der Waals surface area contributed by atoms with E-state index in [2.05, 4.69) is 26.4 Å². The molecule has 0 aromatic heterocycles. The van der Waals surface area contributed by atoms with E-state index in [1.54, 1.807) is 6.07 Å². The van der Waals surface area contributed by atoms with Gasteiger partial charge < -0.3 is 16.3 Å². The molecule has 0 heterocycles. The average molecular weight is 290 g/mol. The van der Waals surface area contributed by atoms with Gasteiger partial charge in [0.15, 0.2) is 0 Å². The third kappa shape index (κ3) is 3.50. The van der Waals surface area contributed by atoms with Crippen molar-refractivity contribution in [3.63, 3.8) is 0 Å².